The van der Waals surface area contributed by atoms with Gasteiger partial charge < -0.3 is 4.74 Å². The SMILES string of the molecule is COc1cc(F)c2cnccc2c1. The molecule has 0 fully saturated rings. The Balaban J connectivity index is 2.77. The predicted octanol–water partition coefficient (Wildman–Crippen LogP) is 2.38. The molecule has 0 spiro atoms. The number of fused-ring (bicyclic) bond motifs is 1. The highest BCUT2D eigenvalue weighted by atomic mass is 19.1. The molecule has 0 bridgehead atoms. The van der Waals surface area contributed by atoms with Crippen molar-refractivity contribution in [3.8, 4) is 5.75 Å². The lowest BCUT2D eigenvalue weighted by Crippen LogP contribution is -1.86. The summed E-state index contributed by atoms with van der Waals surface area (Å²) in [6.07, 6.45) is 3.13. The van der Waals surface area contributed by atoms with Crippen molar-refractivity contribution < 1.29 is 9.13 Å². The number of methoxy groups -OCH3 is 1. The van der Waals surface area contributed by atoms with Crippen LogP contribution >= 0.6 is 0 Å². The molecule has 2 nitrogen and oxygen atoms in total. The van der Waals surface area contributed by atoms with E-state index in [2.05, 4.69) is 4.98 Å². The van der Waals surface area contributed by atoms with E-state index in [1.54, 1.807) is 18.3 Å². The van der Waals surface area contributed by atoms with E-state index in [0.717, 1.165) is 5.39 Å². The molecule has 0 saturated heterocycles. The van der Waals surface area contributed by atoms with Crippen molar-refractivity contribution in [3.63, 3.8) is 0 Å². The molecule has 1 heterocycles. The smallest absolute Gasteiger partial charge is 0.136 e. The first-order chi connectivity index (χ1) is 6.31. The minimum absolute atomic E-state index is 0.303. The molecule has 0 unspecified atom stereocenters. The van der Waals surface area contributed by atoms with E-state index in [1.807, 2.05) is 0 Å². The molecule has 0 N–H and O–H groups in total. The molecule has 0 amide bonds. The number of ether oxygens (including phenoxy) is 1. The maximum Gasteiger partial charge on any atom is 0.136 e. The Hall–Kier alpha value is -1.64. The second-order valence-electron chi connectivity index (χ2n) is 2.71. The summed E-state index contributed by atoms with van der Waals surface area (Å²) in [5.74, 6) is 0.221. The molecule has 2 rings (SSSR count). The highest BCUT2D eigenvalue weighted by molar-refractivity contribution is 5.83. The molecule has 0 radical (unpaired) electrons. The monoisotopic (exact) mass is 177 g/mol. The number of hydrogen-bond donors (Lipinski definition) is 0. The van der Waals surface area contributed by atoms with Crippen molar-refractivity contribution in [2.24, 2.45) is 0 Å². The fourth-order valence-corrected chi connectivity index (χ4v) is 1.25. The van der Waals surface area contributed by atoms with Gasteiger partial charge in [0, 0.05) is 23.8 Å². The van der Waals surface area contributed by atoms with Gasteiger partial charge in [0.25, 0.3) is 0 Å². The fraction of sp³-hybridized carbons (Fsp3) is 0.100. The third-order valence-electron chi connectivity index (χ3n) is 1.91. The number of rotatable bonds is 1. The van der Waals surface area contributed by atoms with Crippen LogP contribution in [0.4, 0.5) is 4.39 Å². The second-order valence-corrected chi connectivity index (χ2v) is 2.71. The predicted molar refractivity (Wildman–Crippen MR) is 48.3 cm³/mol. The van der Waals surface area contributed by atoms with Gasteiger partial charge in [-0.25, -0.2) is 4.39 Å². The van der Waals surface area contributed by atoms with Gasteiger partial charge in [-0.2, -0.15) is 0 Å². The van der Waals surface area contributed by atoms with Crippen molar-refractivity contribution in [2.75, 3.05) is 7.11 Å². The van der Waals surface area contributed by atoms with Crippen LogP contribution in [0.1, 0.15) is 0 Å². The normalized spacial score (nSPS) is 10.3. The zero-order chi connectivity index (χ0) is 9.26. The quantitative estimate of drug-likeness (QED) is 0.667. The standard InChI is InChI=1S/C10H8FNO/c1-13-8-4-7-2-3-12-6-9(7)10(11)5-8/h2-6H,1H3. The Kier molecular flexibility index (Phi) is 1.85. The summed E-state index contributed by atoms with van der Waals surface area (Å²) in [7, 11) is 1.52. The van der Waals surface area contributed by atoms with Crippen LogP contribution in [0.25, 0.3) is 10.8 Å². The largest absolute Gasteiger partial charge is 0.497 e. The Labute approximate surface area is 75.0 Å². The lowest BCUT2D eigenvalue weighted by Gasteiger charge is -2.02. The van der Waals surface area contributed by atoms with Crippen molar-refractivity contribution in [2.45, 2.75) is 0 Å². The van der Waals surface area contributed by atoms with Gasteiger partial charge in [0.1, 0.15) is 11.6 Å². The number of benzene rings is 1. The van der Waals surface area contributed by atoms with Gasteiger partial charge in [-0.15, -0.1) is 0 Å². The summed E-state index contributed by atoms with van der Waals surface area (Å²) in [5, 5.41) is 1.31. The summed E-state index contributed by atoms with van der Waals surface area (Å²) < 4.78 is 18.3. The Morgan fingerprint density at radius 2 is 2.23 bits per heavy atom. The minimum Gasteiger partial charge on any atom is -0.497 e. The van der Waals surface area contributed by atoms with E-state index >= 15 is 0 Å². The van der Waals surface area contributed by atoms with Gasteiger partial charge in [-0.1, -0.05) is 0 Å². The summed E-state index contributed by atoms with van der Waals surface area (Å²) in [6.45, 7) is 0. The Bertz CT molecular complexity index is 442. The number of pyridine rings is 1. The van der Waals surface area contributed by atoms with E-state index in [0.29, 0.717) is 11.1 Å². The maximum absolute atomic E-state index is 13.3. The lowest BCUT2D eigenvalue weighted by molar-refractivity contribution is 0.412. The van der Waals surface area contributed by atoms with Crippen molar-refractivity contribution in [3.05, 3.63) is 36.4 Å². The summed E-state index contributed by atoms with van der Waals surface area (Å²) in [5.41, 5.74) is 0. The molecule has 13 heavy (non-hydrogen) atoms. The van der Waals surface area contributed by atoms with Gasteiger partial charge in [-0.05, 0) is 17.5 Å². The van der Waals surface area contributed by atoms with Crippen molar-refractivity contribution >= 4 is 10.8 Å². The van der Waals surface area contributed by atoms with Crippen molar-refractivity contribution in [1.29, 1.82) is 0 Å². The molecule has 0 aliphatic heterocycles. The number of halogens is 1. The van der Waals surface area contributed by atoms with Gasteiger partial charge in [0.15, 0.2) is 0 Å². The number of hydrogen-bond acceptors (Lipinski definition) is 2. The van der Waals surface area contributed by atoms with Crippen LogP contribution in [0.3, 0.4) is 0 Å². The zero-order valence-electron chi connectivity index (χ0n) is 7.12. The summed E-state index contributed by atoms with van der Waals surface area (Å²) in [6, 6.07) is 4.88. The van der Waals surface area contributed by atoms with E-state index in [-0.39, 0.29) is 5.82 Å². The average Bonchev–Trinajstić information content (AvgIpc) is 2.18. The van der Waals surface area contributed by atoms with Crippen LogP contribution in [0.2, 0.25) is 0 Å². The molecule has 0 aliphatic rings. The van der Waals surface area contributed by atoms with Crippen LogP contribution in [-0.2, 0) is 0 Å². The fourth-order valence-electron chi connectivity index (χ4n) is 1.25. The average molecular weight is 177 g/mol. The lowest BCUT2D eigenvalue weighted by atomic mass is 10.1. The number of aromatic nitrogens is 1. The first-order valence-corrected chi connectivity index (χ1v) is 3.88. The van der Waals surface area contributed by atoms with Gasteiger partial charge in [-0.3, -0.25) is 4.98 Å². The summed E-state index contributed by atoms with van der Waals surface area (Å²) >= 11 is 0. The summed E-state index contributed by atoms with van der Waals surface area (Å²) in [4.78, 5) is 3.85. The Morgan fingerprint density at radius 1 is 1.38 bits per heavy atom. The Morgan fingerprint density at radius 3 is 3.00 bits per heavy atom. The van der Waals surface area contributed by atoms with E-state index < -0.39 is 0 Å². The minimum atomic E-state index is -0.303. The van der Waals surface area contributed by atoms with Crippen LogP contribution in [-0.4, -0.2) is 12.1 Å². The van der Waals surface area contributed by atoms with Crippen LogP contribution < -0.4 is 4.74 Å². The first kappa shape index (κ1) is 7.98. The second kappa shape index (κ2) is 3.01. The molecule has 1 aromatic heterocycles. The van der Waals surface area contributed by atoms with Gasteiger partial charge in [0.2, 0.25) is 0 Å². The third-order valence-corrected chi connectivity index (χ3v) is 1.91. The maximum atomic E-state index is 13.3. The van der Waals surface area contributed by atoms with Gasteiger partial charge >= 0.3 is 0 Å². The topological polar surface area (TPSA) is 22.1 Å². The van der Waals surface area contributed by atoms with Gasteiger partial charge in [0.05, 0.1) is 7.11 Å². The zero-order valence-corrected chi connectivity index (χ0v) is 7.12. The third kappa shape index (κ3) is 1.33. The molecular formula is C10H8FNO. The van der Waals surface area contributed by atoms with Crippen molar-refractivity contribution in [1.82, 2.24) is 4.98 Å². The number of nitrogens with zero attached hydrogens (tertiary/aromatic N) is 1. The van der Waals surface area contributed by atoms with E-state index in [4.69, 9.17) is 4.74 Å². The molecule has 0 saturated carbocycles. The highest BCUT2D eigenvalue weighted by Gasteiger charge is 2.02. The highest BCUT2D eigenvalue weighted by Crippen LogP contribution is 2.22. The molecule has 1 aromatic carbocycles. The first-order valence-electron chi connectivity index (χ1n) is 3.88. The molecular weight excluding hydrogens is 169 g/mol. The molecule has 0 atom stereocenters. The van der Waals surface area contributed by atoms with E-state index in [1.165, 1.54) is 19.4 Å². The van der Waals surface area contributed by atoms with Crippen LogP contribution in [0, 0.1) is 5.82 Å². The van der Waals surface area contributed by atoms with E-state index in [9.17, 15) is 4.39 Å². The molecule has 3 heteroatoms. The van der Waals surface area contributed by atoms with Crippen LogP contribution in [0.5, 0.6) is 5.75 Å². The molecule has 66 valence electrons. The molecule has 2 aromatic rings. The molecule has 0 aliphatic carbocycles. The van der Waals surface area contributed by atoms with Crippen LogP contribution in [0.15, 0.2) is 30.6 Å².